The van der Waals surface area contributed by atoms with Gasteiger partial charge in [0.15, 0.2) is 5.69 Å². The molecule has 3 rings (SSSR count). The van der Waals surface area contributed by atoms with Crippen LogP contribution in [0.1, 0.15) is 16.8 Å². The molecule has 1 aromatic carbocycles. The fourth-order valence-corrected chi connectivity index (χ4v) is 2.68. The zero-order chi connectivity index (χ0) is 19.6. The number of carbonyl (C=O) groups excluding carboxylic acids is 1. The Hall–Kier alpha value is -3.20. The van der Waals surface area contributed by atoms with Crippen LogP contribution in [0.25, 0.3) is 5.70 Å². The number of nitrogens with one attached hydrogen (secondary N) is 1. The molecule has 9 heteroatoms. The third kappa shape index (κ3) is 3.82. The number of rotatable bonds is 4. The number of hydrogen-bond donors (Lipinski definition) is 2. The minimum absolute atomic E-state index is 0.0346. The van der Waals surface area contributed by atoms with Gasteiger partial charge in [-0.2, -0.15) is 13.2 Å². The fraction of sp³-hybridized carbons (Fsp3) is 0.167. The first-order valence-corrected chi connectivity index (χ1v) is 7.98. The van der Waals surface area contributed by atoms with Crippen molar-refractivity contribution in [3.63, 3.8) is 0 Å². The maximum atomic E-state index is 13.2. The summed E-state index contributed by atoms with van der Waals surface area (Å²) in [5, 5.41) is 1.22. The smallest absolute Gasteiger partial charge is 0.324 e. The summed E-state index contributed by atoms with van der Waals surface area (Å²) in [5.74, 6) is -0.343. The molecular weight excluding hydrogens is 359 g/mol. The van der Waals surface area contributed by atoms with Gasteiger partial charge in [0.1, 0.15) is 11.5 Å². The van der Waals surface area contributed by atoms with E-state index in [4.69, 9.17) is 5.73 Å². The van der Waals surface area contributed by atoms with Gasteiger partial charge < -0.3 is 5.73 Å². The molecule has 1 amide bonds. The number of aromatic nitrogens is 1. The van der Waals surface area contributed by atoms with Gasteiger partial charge >= 0.3 is 6.18 Å². The number of nitrogens with two attached hydrogens (primary N) is 1. The molecule has 3 N–H and O–H groups in total. The fourth-order valence-electron chi connectivity index (χ4n) is 2.68. The first-order chi connectivity index (χ1) is 12.8. The van der Waals surface area contributed by atoms with Crippen LogP contribution in [0.5, 0.6) is 0 Å². The lowest BCUT2D eigenvalue weighted by Gasteiger charge is -2.32. The minimum atomic E-state index is -4.67. The van der Waals surface area contributed by atoms with Crippen molar-refractivity contribution in [2.45, 2.75) is 12.6 Å². The summed E-state index contributed by atoms with van der Waals surface area (Å²) in [6.45, 7) is 3.60. The van der Waals surface area contributed by atoms with Crippen molar-refractivity contribution in [3.05, 3.63) is 66.0 Å². The molecular formula is C18H16F3N5O. The zero-order valence-corrected chi connectivity index (χ0v) is 14.1. The maximum absolute atomic E-state index is 13.2. The van der Waals surface area contributed by atoms with Gasteiger partial charge in [0, 0.05) is 11.8 Å². The number of nitrogens with zero attached hydrogens (tertiary/aromatic N) is 3. The number of carbonyl (C=O) groups is 1. The van der Waals surface area contributed by atoms with Gasteiger partial charge in [-0.05, 0) is 11.6 Å². The van der Waals surface area contributed by atoms with Crippen LogP contribution in [0.3, 0.4) is 0 Å². The highest BCUT2D eigenvalue weighted by molar-refractivity contribution is 6.00. The Labute approximate surface area is 153 Å². The second-order valence-corrected chi connectivity index (χ2v) is 5.77. The van der Waals surface area contributed by atoms with Crippen molar-refractivity contribution >= 4 is 23.1 Å². The molecule has 0 bridgehead atoms. The number of benzene rings is 1. The van der Waals surface area contributed by atoms with Crippen molar-refractivity contribution in [2.24, 2.45) is 10.7 Å². The number of amides is 1. The molecule has 0 saturated heterocycles. The van der Waals surface area contributed by atoms with Gasteiger partial charge in [0.25, 0.3) is 0 Å². The van der Waals surface area contributed by atoms with Gasteiger partial charge in [-0.3, -0.25) is 10.2 Å². The number of aliphatic imine (C=N–C) groups is 1. The monoisotopic (exact) mass is 375 g/mol. The lowest BCUT2D eigenvalue weighted by molar-refractivity contribution is -0.140. The molecule has 1 aromatic heterocycles. The first-order valence-electron chi connectivity index (χ1n) is 7.98. The molecule has 1 aliphatic heterocycles. The molecule has 140 valence electrons. The second kappa shape index (κ2) is 7.20. The van der Waals surface area contributed by atoms with Crippen LogP contribution in [-0.2, 0) is 17.4 Å². The van der Waals surface area contributed by atoms with E-state index in [-0.39, 0.29) is 41.7 Å². The van der Waals surface area contributed by atoms with E-state index in [1.54, 1.807) is 24.3 Å². The van der Waals surface area contributed by atoms with E-state index >= 15 is 0 Å². The quantitative estimate of drug-likeness (QED) is 0.861. The maximum Gasteiger partial charge on any atom is 0.435 e. The molecule has 0 saturated carbocycles. The molecule has 1 aliphatic rings. The molecule has 27 heavy (non-hydrogen) atoms. The summed E-state index contributed by atoms with van der Waals surface area (Å²) < 4.78 is 39.6. The van der Waals surface area contributed by atoms with Crippen molar-refractivity contribution in [1.29, 1.82) is 0 Å². The number of alkyl halides is 3. The molecule has 0 atom stereocenters. The van der Waals surface area contributed by atoms with Gasteiger partial charge in [0.05, 0.1) is 18.7 Å². The number of amidine groups is 1. The summed E-state index contributed by atoms with van der Waals surface area (Å²) in [6, 6.07) is 10.4. The average molecular weight is 375 g/mol. The molecule has 0 spiro atoms. The van der Waals surface area contributed by atoms with Gasteiger partial charge in [0.2, 0.25) is 5.91 Å². The van der Waals surface area contributed by atoms with Gasteiger partial charge in [-0.25, -0.2) is 15.0 Å². The standard InChI is InChI=1S/C18H16F3N5O/c1-11-13-7-8-23-17(18(19,20)21)16(13)24-14(10-22)26(11)25-15(27)9-12-5-3-2-4-6-12/h2-8H,1,9-10,22H2,(H,25,27). The predicted octanol–water partition coefficient (Wildman–Crippen LogP) is 2.65. The molecule has 6 nitrogen and oxygen atoms in total. The van der Waals surface area contributed by atoms with Crippen LogP contribution in [0.15, 0.2) is 54.2 Å². The molecule has 0 fully saturated rings. The predicted molar refractivity (Wildman–Crippen MR) is 94.6 cm³/mol. The first kappa shape index (κ1) is 18.6. The Kier molecular flexibility index (Phi) is 4.95. The van der Waals surface area contributed by atoms with Crippen LogP contribution in [0.4, 0.5) is 18.9 Å². The number of halogens is 3. The third-order valence-electron chi connectivity index (χ3n) is 3.90. The molecule has 0 radical (unpaired) electrons. The van der Waals surface area contributed by atoms with E-state index in [9.17, 15) is 18.0 Å². The van der Waals surface area contributed by atoms with Crippen molar-refractivity contribution in [1.82, 2.24) is 15.4 Å². The Morgan fingerprint density at radius 3 is 2.56 bits per heavy atom. The normalized spacial score (nSPS) is 13.9. The minimum Gasteiger partial charge on any atom is -0.324 e. The summed E-state index contributed by atoms with van der Waals surface area (Å²) >= 11 is 0. The summed E-state index contributed by atoms with van der Waals surface area (Å²) in [7, 11) is 0. The molecule has 2 aromatic rings. The van der Waals surface area contributed by atoms with Crippen LogP contribution in [-0.4, -0.2) is 28.3 Å². The number of hydrazine groups is 1. The second-order valence-electron chi connectivity index (χ2n) is 5.77. The van der Waals surface area contributed by atoms with E-state index in [1.165, 1.54) is 11.1 Å². The Balaban J connectivity index is 1.90. The highest BCUT2D eigenvalue weighted by Crippen LogP contribution is 2.41. The van der Waals surface area contributed by atoms with E-state index in [1.807, 2.05) is 6.07 Å². The Bertz CT molecular complexity index is 909. The molecule has 0 unspecified atom stereocenters. The number of fused-ring (bicyclic) bond motifs is 1. The third-order valence-corrected chi connectivity index (χ3v) is 3.90. The van der Waals surface area contributed by atoms with E-state index in [0.29, 0.717) is 0 Å². The van der Waals surface area contributed by atoms with Gasteiger partial charge in [-0.1, -0.05) is 36.9 Å². The summed E-state index contributed by atoms with van der Waals surface area (Å²) in [4.78, 5) is 19.7. The topological polar surface area (TPSA) is 83.6 Å². The number of pyridine rings is 1. The summed E-state index contributed by atoms with van der Waals surface area (Å²) in [5.41, 5.74) is 7.79. The van der Waals surface area contributed by atoms with Crippen LogP contribution in [0, 0.1) is 0 Å². The summed E-state index contributed by atoms with van der Waals surface area (Å²) in [6.07, 6.45) is -3.56. The Morgan fingerprint density at radius 2 is 1.93 bits per heavy atom. The van der Waals surface area contributed by atoms with E-state index < -0.39 is 11.9 Å². The van der Waals surface area contributed by atoms with Crippen LogP contribution >= 0.6 is 0 Å². The van der Waals surface area contributed by atoms with Crippen molar-refractivity contribution in [2.75, 3.05) is 6.54 Å². The van der Waals surface area contributed by atoms with E-state index in [0.717, 1.165) is 11.8 Å². The van der Waals surface area contributed by atoms with Crippen LogP contribution in [0.2, 0.25) is 0 Å². The van der Waals surface area contributed by atoms with Gasteiger partial charge in [-0.15, -0.1) is 0 Å². The Morgan fingerprint density at radius 1 is 1.22 bits per heavy atom. The van der Waals surface area contributed by atoms with E-state index in [2.05, 4.69) is 22.0 Å². The average Bonchev–Trinajstić information content (AvgIpc) is 2.63. The highest BCUT2D eigenvalue weighted by Gasteiger charge is 2.39. The number of hydrogen-bond acceptors (Lipinski definition) is 5. The van der Waals surface area contributed by atoms with Crippen molar-refractivity contribution in [3.8, 4) is 0 Å². The van der Waals surface area contributed by atoms with Crippen molar-refractivity contribution < 1.29 is 18.0 Å². The lowest BCUT2D eigenvalue weighted by Crippen LogP contribution is -2.48. The molecule has 2 heterocycles. The highest BCUT2D eigenvalue weighted by atomic mass is 19.4. The lowest BCUT2D eigenvalue weighted by atomic mass is 10.1. The van der Waals surface area contributed by atoms with Crippen LogP contribution < -0.4 is 11.2 Å². The largest absolute Gasteiger partial charge is 0.435 e. The molecule has 0 aliphatic carbocycles. The SMILES string of the molecule is C=C1c2ccnc(C(F)(F)F)c2N=C(CN)N1NC(=O)Cc1ccccc1. The zero-order valence-electron chi connectivity index (χ0n) is 14.1.